The van der Waals surface area contributed by atoms with Crippen molar-refractivity contribution in [3.05, 3.63) is 28.7 Å². The van der Waals surface area contributed by atoms with E-state index in [1.54, 1.807) is 6.20 Å². The van der Waals surface area contributed by atoms with Gasteiger partial charge >= 0.3 is 0 Å². The number of pyridine rings is 1. The molecule has 1 spiro atoms. The number of aromatic nitrogens is 3. The third kappa shape index (κ3) is 4.54. The molecule has 3 N–H and O–H groups in total. The Kier molecular flexibility index (Phi) is 7.38. The number of hydrogen-bond donors (Lipinski definition) is 2. The first-order valence-electron chi connectivity index (χ1n) is 10.5. The second kappa shape index (κ2) is 9.75. The Morgan fingerprint density at radius 3 is 2.69 bits per heavy atom. The van der Waals surface area contributed by atoms with Gasteiger partial charge in [0.2, 0.25) is 0 Å². The lowest BCUT2D eigenvalue weighted by Gasteiger charge is -2.41. The Hall–Kier alpha value is -0.920. The number of piperidine rings is 1. The molecule has 0 aliphatic carbocycles. The van der Waals surface area contributed by atoms with Crippen molar-refractivity contribution >= 4 is 57.6 Å². The average Bonchev–Trinajstić information content (AvgIpc) is 3.05. The van der Waals surface area contributed by atoms with Gasteiger partial charge in [0.05, 0.1) is 23.9 Å². The van der Waals surface area contributed by atoms with Crippen LogP contribution in [-0.2, 0) is 11.3 Å². The maximum atomic E-state index is 10.1. The van der Waals surface area contributed by atoms with Crippen molar-refractivity contribution in [2.75, 3.05) is 43.6 Å². The number of halogens is 2. The Balaban J connectivity index is 1.56. The summed E-state index contributed by atoms with van der Waals surface area (Å²) in [6.07, 6.45) is 3.61. The summed E-state index contributed by atoms with van der Waals surface area (Å²) in [4.78, 5) is 18.9. The van der Waals surface area contributed by atoms with Crippen LogP contribution in [-0.4, -0.2) is 64.0 Å². The van der Waals surface area contributed by atoms with Crippen molar-refractivity contribution in [1.82, 2.24) is 15.0 Å². The van der Waals surface area contributed by atoms with Crippen LogP contribution in [0.4, 0.5) is 11.6 Å². The molecule has 0 aromatic carbocycles. The van der Waals surface area contributed by atoms with Gasteiger partial charge in [0.15, 0.2) is 5.82 Å². The molecular formula is C21H28ClIN6O2S. The number of aryl methyl sites for hydroxylation is 1. The van der Waals surface area contributed by atoms with Gasteiger partial charge < -0.3 is 25.4 Å². The first-order valence-corrected chi connectivity index (χ1v) is 12.9. The van der Waals surface area contributed by atoms with Crippen LogP contribution < -0.4 is 15.5 Å². The predicted molar refractivity (Wildman–Crippen MR) is 136 cm³/mol. The molecule has 0 radical (unpaired) electrons. The fraction of sp³-hybridized carbons (Fsp3) is 0.571. The summed E-state index contributed by atoms with van der Waals surface area (Å²) in [6.45, 7) is 4.11. The summed E-state index contributed by atoms with van der Waals surface area (Å²) >= 11 is 10.3. The number of alkyl halides is 1. The van der Waals surface area contributed by atoms with Gasteiger partial charge in [0.1, 0.15) is 20.6 Å². The number of aliphatic hydroxyl groups is 1. The normalized spacial score (nSPS) is 22.5. The van der Waals surface area contributed by atoms with E-state index < -0.39 is 0 Å². The highest BCUT2D eigenvalue weighted by Crippen LogP contribution is 2.44. The third-order valence-corrected chi connectivity index (χ3v) is 9.03. The number of rotatable bonds is 5. The van der Waals surface area contributed by atoms with Crippen LogP contribution in [0.25, 0.3) is 0 Å². The molecule has 11 heteroatoms. The minimum Gasteiger partial charge on any atom is -0.390 e. The van der Waals surface area contributed by atoms with E-state index in [0.717, 1.165) is 47.4 Å². The Bertz CT molecular complexity index is 989. The van der Waals surface area contributed by atoms with Gasteiger partial charge in [0, 0.05) is 49.7 Å². The molecule has 2 aliphatic heterocycles. The smallest absolute Gasteiger partial charge is 0.153 e. The van der Waals surface area contributed by atoms with Crippen LogP contribution in [0, 0.1) is 12.3 Å². The van der Waals surface area contributed by atoms with Gasteiger partial charge in [-0.2, -0.15) is 0 Å². The van der Waals surface area contributed by atoms with E-state index in [9.17, 15) is 5.11 Å². The monoisotopic (exact) mass is 590 g/mol. The highest BCUT2D eigenvalue weighted by molar-refractivity contribution is 14.1. The molecule has 32 heavy (non-hydrogen) atoms. The maximum Gasteiger partial charge on any atom is 0.153 e. The fourth-order valence-electron chi connectivity index (χ4n) is 4.26. The van der Waals surface area contributed by atoms with Crippen LogP contribution in [0.5, 0.6) is 0 Å². The molecule has 4 heterocycles. The van der Waals surface area contributed by atoms with Crippen LogP contribution in [0.1, 0.15) is 24.2 Å². The van der Waals surface area contributed by atoms with Crippen molar-refractivity contribution in [3.63, 3.8) is 0 Å². The molecule has 2 saturated heterocycles. The van der Waals surface area contributed by atoms with Gasteiger partial charge in [-0.25, -0.2) is 15.0 Å². The van der Waals surface area contributed by atoms with Crippen LogP contribution in [0.3, 0.4) is 0 Å². The highest BCUT2D eigenvalue weighted by Gasteiger charge is 2.48. The zero-order valence-corrected chi connectivity index (χ0v) is 22.1. The molecule has 0 bridgehead atoms. The second-order valence-corrected chi connectivity index (χ2v) is 11.2. The Morgan fingerprint density at radius 2 is 2.09 bits per heavy atom. The summed E-state index contributed by atoms with van der Waals surface area (Å²) in [6, 6.07) is 1.91. The van der Waals surface area contributed by atoms with Gasteiger partial charge in [-0.05, 0) is 48.4 Å². The van der Waals surface area contributed by atoms with Crippen LogP contribution in [0.15, 0.2) is 22.2 Å². The Labute approximate surface area is 211 Å². The summed E-state index contributed by atoms with van der Waals surface area (Å²) in [7, 11) is 3.81. The van der Waals surface area contributed by atoms with E-state index in [2.05, 4.69) is 32.5 Å². The highest BCUT2D eigenvalue weighted by atomic mass is 127. The van der Waals surface area contributed by atoms with Crippen molar-refractivity contribution in [2.45, 2.75) is 46.4 Å². The summed E-state index contributed by atoms with van der Waals surface area (Å²) in [5.74, 6) is 1.45. The molecule has 2 atom stereocenters. The lowest BCUT2D eigenvalue weighted by atomic mass is 9.75. The number of hydrogen-bond acceptors (Lipinski definition) is 9. The topological polar surface area (TPSA) is 101 Å². The molecule has 174 valence electrons. The van der Waals surface area contributed by atoms with Crippen molar-refractivity contribution in [1.29, 1.82) is 0 Å². The minimum absolute atomic E-state index is 0.0300. The van der Waals surface area contributed by atoms with Crippen molar-refractivity contribution in [2.24, 2.45) is 11.1 Å². The predicted octanol–water partition coefficient (Wildman–Crippen LogP) is 3.25. The quantitative estimate of drug-likeness (QED) is 0.402. The third-order valence-electron chi connectivity index (χ3n) is 6.27. The van der Waals surface area contributed by atoms with Crippen molar-refractivity contribution < 1.29 is 9.84 Å². The van der Waals surface area contributed by atoms with E-state index in [1.165, 1.54) is 11.8 Å². The second-order valence-electron chi connectivity index (χ2n) is 8.52. The molecule has 0 unspecified atom stereocenters. The Morgan fingerprint density at radius 1 is 1.38 bits per heavy atom. The summed E-state index contributed by atoms with van der Waals surface area (Å²) in [5.41, 5.74) is 7.85. The lowest BCUT2D eigenvalue weighted by Crippen LogP contribution is -2.50. The molecular weight excluding hydrogens is 563 g/mol. The summed E-state index contributed by atoms with van der Waals surface area (Å²) < 4.78 is 5.89. The van der Waals surface area contributed by atoms with Gasteiger partial charge in [-0.15, -0.1) is 0 Å². The SMILES string of the molecule is Cc1nc(N2CCC3(CC2)CO[C@@H](I)[C@H]3N)c(CO)nc1Sc1ccnc(N(C)C)c1Cl. The standard InChI is InChI=1S/C21H28ClIN6O2S/c1-12-20(32-14-4-7-25-19(15(14)22)28(2)3)27-13(10-30)18(26-12)29-8-5-21(6-9-29)11-31-17(23)16(21)24/h4,7,16-17,30H,5-6,8-11,24H2,1-3H3/t16-,17-/m1/s1. The van der Waals surface area contributed by atoms with Gasteiger partial charge in [-0.1, -0.05) is 23.4 Å². The van der Waals surface area contributed by atoms with E-state index in [-0.39, 0.29) is 22.2 Å². The van der Waals surface area contributed by atoms with Crippen LogP contribution in [0.2, 0.25) is 5.02 Å². The first-order chi connectivity index (χ1) is 15.3. The zero-order chi connectivity index (χ0) is 23.0. The van der Waals surface area contributed by atoms with E-state index in [4.69, 9.17) is 32.0 Å². The van der Waals surface area contributed by atoms with E-state index in [0.29, 0.717) is 23.1 Å². The molecule has 4 rings (SSSR count). The van der Waals surface area contributed by atoms with Crippen LogP contribution >= 0.6 is 46.0 Å². The maximum absolute atomic E-state index is 10.1. The van der Waals surface area contributed by atoms with E-state index >= 15 is 0 Å². The molecule has 0 saturated carbocycles. The molecule has 8 nitrogen and oxygen atoms in total. The molecule has 2 aromatic heterocycles. The number of anilines is 2. The number of ether oxygens (including phenoxy) is 1. The van der Waals surface area contributed by atoms with Gasteiger partial charge in [-0.3, -0.25) is 0 Å². The number of nitrogens with two attached hydrogens (primary N) is 1. The molecule has 2 aliphatic rings. The number of aliphatic hydroxyl groups excluding tert-OH is 1. The zero-order valence-electron chi connectivity index (χ0n) is 18.4. The number of nitrogens with zero attached hydrogens (tertiary/aromatic N) is 5. The molecule has 2 fully saturated rings. The fourth-order valence-corrected chi connectivity index (χ4v) is 6.46. The first kappa shape index (κ1) is 24.2. The van der Waals surface area contributed by atoms with E-state index in [1.807, 2.05) is 32.0 Å². The minimum atomic E-state index is -0.177. The molecule has 2 aromatic rings. The molecule has 0 amide bonds. The lowest BCUT2D eigenvalue weighted by molar-refractivity contribution is 0.127. The largest absolute Gasteiger partial charge is 0.390 e. The van der Waals surface area contributed by atoms with Gasteiger partial charge in [0.25, 0.3) is 0 Å². The summed E-state index contributed by atoms with van der Waals surface area (Å²) in [5, 5.41) is 11.4. The average molecular weight is 591 g/mol. The van der Waals surface area contributed by atoms with Crippen molar-refractivity contribution in [3.8, 4) is 0 Å².